The number of allylic oxidation sites excluding steroid dienone is 2. The summed E-state index contributed by atoms with van der Waals surface area (Å²) in [6, 6.07) is 0. The van der Waals surface area contributed by atoms with E-state index in [1.54, 1.807) is 0 Å². The number of nitrogens with zero attached hydrogens (tertiary/aromatic N) is 1. The van der Waals surface area contributed by atoms with Crippen LogP contribution in [-0.4, -0.2) is 5.71 Å². The average molecular weight is 135 g/mol. The van der Waals surface area contributed by atoms with Crippen LogP contribution in [0.2, 0.25) is 0 Å². The van der Waals surface area contributed by atoms with Crippen LogP contribution >= 0.6 is 0 Å². The van der Waals surface area contributed by atoms with Crippen LogP contribution in [0.15, 0.2) is 29.9 Å². The largest absolute Gasteiger partial charge is 0.259 e. The smallest absolute Gasteiger partial charge is 0.0431 e. The second kappa shape index (κ2) is 2.82. The quantitative estimate of drug-likeness (QED) is 0.527. The first-order chi connectivity index (χ1) is 4.74. The van der Waals surface area contributed by atoms with E-state index in [-0.39, 0.29) is 0 Å². The second-order valence-corrected chi connectivity index (χ2v) is 2.75. The summed E-state index contributed by atoms with van der Waals surface area (Å²) < 4.78 is 0. The van der Waals surface area contributed by atoms with Crippen molar-refractivity contribution in [3.05, 3.63) is 24.9 Å². The van der Waals surface area contributed by atoms with Crippen molar-refractivity contribution in [3.63, 3.8) is 0 Å². The summed E-state index contributed by atoms with van der Waals surface area (Å²) in [6.07, 6.45) is 4.39. The van der Waals surface area contributed by atoms with E-state index in [1.165, 1.54) is 12.8 Å². The second-order valence-electron chi connectivity index (χ2n) is 2.75. The molecule has 0 heterocycles. The van der Waals surface area contributed by atoms with Crippen molar-refractivity contribution in [2.75, 3.05) is 0 Å². The minimum atomic E-state index is 0.689. The molecule has 0 aromatic heterocycles. The first kappa shape index (κ1) is 7.26. The molecule has 0 aromatic rings. The Morgan fingerprint density at radius 2 is 2.20 bits per heavy atom. The van der Waals surface area contributed by atoms with E-state index in [0.29, 0.717) is 5.92 Å². The zero-order chi connectivity index (χ0) is 7.56. The normalized spacial score (nSPS) is 18.7. The Labute approximate surface area is 62.2 Å². The molecule has 1 rings (SSSR count). The average Bonchev–Trinajstić information content (AvgIpc) is 2.63. The van der Waals surface area contributed by atoms with Gasteiger partial charge in [-0.1, -0.05) is 13.2 Å². The Kier molecular flexibility index (Phi) is 2.05. The van der Waals surface area contributed by atoms with Gasteiger partial charge < -0.3 is 0 Å². The van der Waals surface area contributed by atoms with E-state index < -0.39 is 0 Å². The molecule has 0 amide bonds. The van der Waals surface area contributed by atoms with Gasteiger partial charge >= 0.3 is 0 Å². The molecule has 0 radical (unpaired) electrons. The van der Waals surface area contributed by atoms with Crippen LogP contribution in [0.3, 0.4) is 0 Å². The SMILES string of the molecule is C=CC(=NC(=C)C)C1CC1. The molecule has 0 spiro atoms. The van der Waals surface area contributed by atoms with Gasteiger partial charge in [0.05, 0.1) is 0 Å². The molecule has 54 valence electrons. The molecule has 0 unspecified atom stereocenters. The highest BCUT2D eigenvalue weighted by molar-refractivity contribution is 5.98. The van der Waals surface area contributed by atoms with Gasteiger partial charge in [-0.25, -0.2) is 0 Å². The van der Waals surface area contributed by atoms with Crippen LogP contribution in [0.4, 0.5) is 0 Å². The van der Waals surface area contributed by atoms with Gasteiger partial charge in [-0.3, -0.25) is 4.99 Å². The number of rotatable bonds is 3. The molecule has 0 N–H and O–H groups in total. The molecule has 1 heteroatoms. The predicted molar refractivity (Wildman–Crippen MR) is 45.2 cm³/mol. The summed E-state index contributed by atoms with van der Waals surface area (Å²) in [7, 11) is 0. The Balaban J connectivity index is 2.61. The van der Waals surface area contributed by atoms with Crippen molar-refractivity contribution >= 4 is 5.71 Å². The Hall–Kier alpha value is -0.850. The molecule has 10 heavy (non-hydrogen) atoms. The summed E-state index contributed by atoms with van der Waals surface area (Å²) in [5, 5.41) is 0. The monoisotopic (exact) mass is 135 g/mol. The summed E-state index contributed by atoms with van der Waals surface area (Å²) in [6.45, 7) is 9.33. The van der Waals surface area contributed by atoms with Gasteiger partial charge in [0.1, 0.15) is 0 Å². The lowest BCUT2D eigenvalue weighted by Gasteiger charge is -1.95. The summed E-state index contributed by atoms with van der Waals surface area (Å²) in [4.78, 5) is 4.26. The Morgan fingerprint density at radius 1 is 1.60 bits per heavy atom. The summed E-state index contributed by atoms with van der Waals surface area (Å²) in [5.74, 6) is 0.689. The van der Waals surface area contributed by atoms with Gasteiger partial charge in [0, 0.05) is 17.3 Å². The first-order valence-corrected chi connectivity index (χ1v) is 3.60. The summed E-state index contributed by atoms with van der Waals surface area (Å²) >= 11 is 0. The maximum Gasteiger partial charge on any atom is 0.0431 e. The fourth-order valence-corrected chi connectivity index (χ4v) is 0.903. The van der Waals surface area contributed by atoms with E-state index >= 15 is 0 Å². The van der Waals surface area contributed by atoms with E-state index in [9.17, 15) is 0 Å². The Morgan fingerprint density at radius 3 is 2.50 bits per heavy atom. The lowest BCUT2D eigenvalue weighted by Crippen LogP contribution is -1.94. The van der Waals surface area contributed by atoms with Crippen LogP contribution in [0.5, 0.6) is 0 Å². The highest BCUT2D eigenvalue weighted by Crippen LogP contribution is 2.31. The van der Waals surface area contributed by atoms with Crippen LogP contribution < -0.4 is 0 Å². The molecule has 0 aliphatic heterocycles. The third kappa shape index (κ3) is 1.83. The number of aliphatic imine (C=N–C) groups is 1. The van der Waals surface area contributed by atoms with Gasteiger partial charge in [0.25, 0.3) is 0 Å². The zero-order valence-corrected chi connectivity index (χ0v) is 6.43. The van der Waals surface area contributed by atoms with Crippen LogP contribution in [-0.2, 0) is 0 Å². The molecule has 1 aliphatic rings. The van der Waals surface area contributed by atoms with E-state index in [2.05, 4.69) is 18.2 Å². The minimum Gasteiger partial charge on any atom is -0.259 e. The van der Waals surface area contributed by atoms with E-state index in [4.69, 9.17) is 0 Å². The maximum atomic E-state index is 4.26. The fourth-order valence-electron chi connectivity index (χ4n) is 0.903. The maximum absolute atomic E-state index is 4.26. The molecule has 0 aromatic carbocycles. The standard InChI is InChI=1S/C9H13N/c1-4-9(8-5-6-8)10-7(2)3/h4,8H,1-2,5-6H2,3H3. The van der Waals surface area contributed by atoms with Crippen molar-refractivity contribution in [2.45, 2.75) is 19.8 Å². The molecule has 1 fully saturated rings. The zero-order valence-electron chi connectivity index (χ0n) is 6.43. The highest BCUT2D eigenvalue weighted by Gasteiger charge is 2.25. The lowest BCUT2D eigenvalue weighted by atomic mass is 10.2. The van der Waals surface area contributed by atoms with Crippen LogP contribution in [0.25, 0.3) is 0 Å². The molecule has 0 atom stereocenters. The number of hydrogen-bond acceptors (Lipinski definition) is 1. The van der Waals surface area contributed by atoms with Gasteiger partial charge in [-0.2, -0.15) is 0 Å². The van der Waals surface area contributed by atoms with Crippen LogP contribution in [0, 0.1) is 5.92 Å². The first-order valence-electron chi connectivity index (χ1n) is 3.60. The lowest BCUT2D eigenvalue weighted by molar-refractivity contribution is 1.17. The van der Waals surface area contributed by atoms with Gasteiger partial charge in [0.2, 0.25) is 0 Å². The van der Waals surface area contributed by atoms with Crippen molar-refractivity contribution in [1.82, 2.24) is 0 Å². The molecule has 1 saturated carbocycles. The van der Waals surface area contributed by atoms with Gasteiger partial charge in [-0.05, 0) is 25.8 Å². The van der Waals surface area contributed by atoms with Gasteiger partial charge in [0.15, 0.2) is 0 Å². The minimum absolute atomic E-state index is 0.689. The van der Waals surface area contributed by atoms with E-state index in [0.717, 1.165) is 11.4 Å². The van der Waals surface area contributed by atoms with Crippen molar-refractivity contribution < 1.29 is 0 Å². The molecular weight excluding hydrogens is 122 g/mol. The third-order valence-corrected chi connectivity index (χ3v) is 1.52. The number of hydrogen-bond donors (Lipinski definition) is 0. The van der Waals surface area contributed by atoms with Gasteiger partial charge in [-0.15, -0.1) is 0 Å². The topological polar surface area (TPSA) is 12.4 Å². The molecular formula is C9H13N. The highest BCUT2D eigenvalue weighted by atomic mass is 14.8. The predicted octanol–water partition coefficient (Wildman–Crippen LogP) is 2.56. The third-order valence-electron chi connectivity index (χ3n) is 1.52. The summed E-state index contributed by atoms with van der Waals surface area (Å²) in [5.41, 5.74) is 1.99. The van der Waals surface area contributed by atoms with E-state index in [1.807, 2.05) is 13.0 Å². The molecule has 0 bridgehead atoms. The van der Waals surface area contributed by atoms with Crippen molar-refractivity contribution in [2.24, 2.45) is 10.9 Å². The van der Waals surface area contributed by atoms with Crippen molar-refractivity contribution in [1.29, 1.82) is 0 Å². The fraction of sp³-hybridized carbons (Fsp3) is 0.444. The molecule has 0 saturated heterocycles. The molecule has 1 aliphatic carbocycles. The molecule has 1 nitrogen and oxygen atoms in total. The van der Waals surface area contributed by atoms with Crippen molar-refractivity contribution in [3.8, 4) is 0 Å². The van der Waals surface area contributed by atoms with Crippen LogP contribution in [0.1, 0.15) is 19.8 Å². The Bertz CT molecular complexity index is 185.